The van der Waals surface area contributed by atoms with Crippen molar-refractivity contribution >= 4 is 23.4 Å². The fourth-order valence-electron chi connectivity index (χ4n) is 3.10. The van der Waals surface area contributed by atoms with Crippen LogP contribution in [0.5, 0.6) is 0 Å². The van der Waals surface area contributed by atoms with E-state index in [1.54, 1.807) is 0 Å². The largest absolute Gasteiger partial charge is 0.325 e. The van der Waals surface area contributed by atoms with Gasteiger partial charge in [0.25, 0.3) is 0 Å². The number of carbonyl (C=O) groups is 1. The number of para-hydroxylation sites is 1. The van der Waals surface area contributed by atoms with Crippen molar-refractivity contribution in [3.05, 3.63) is 59.2 Å². The van der Waals surface area contributed by atoms with Crippen molar-refractivity contribution in [1.29, 1.82) is 0 Å². The molecule has 0 aliphatic carbocycles. The van der Waals surface area contributed by atoms with Gasteiger partial charge in [-0.3, -0.25) is 4.79 Å². The van der Waals surface area contributed by atoms with Crippen molar-refractivity contribution in [3.8, 4) is 11.4 Å². The molecule has 0 atom stereocenters. The number of amides is 1. The molecule has 0 aliphatic heterocycles. The summed E-state index contributed by atoms with van der Waals surface area (Å²) < 4.78 is 1.93. The van der Waals surface area contributed by atoms with E-state index in [1.165, 1.54) is 17.3 Å². The van der Waals surface area contributed by atoms with Crippen molar-refractivity contribution in [2.75, 3.05) is 11.1 Å². The summed E-state index contributed by atoms with van der Waals surface area (Å²) in [5.41, 5.74) is 5.50. The van der Waals surface area contributed by atoms with Crippen molar-refractivity contribution in [3.63, 3.8) is 0 Å². The molecule has 0 fully saturated rings. The molecule has 2 aromatic carbocycles. The van der Waals surface area contributed by atoms with Gasteiger partial charge in [-0.05, 0) is 30.9 Å². The number of benzene rings is 2. The molecular weight excluding hydrogens is 368 g/mol. The minimum Gasteiger partial charge on any atom is -0.325 e. The number of nitrogens with zero attached hydrogens (tertiary/aromatic N) is 3. The van der Waals surface area contributed by atoms with Crippen LogP contribution in [0.2, 0.25) is 0 Å². The fraction of sp³-hybridized carbons (Fsp3) is 0.318. The number of aryl methyl sites for hydroxylation is 3. The van der Waals surface area contributed by atoms with Crippen LogP contribution >= 0.6 is 11.8 Å². The van der Waals surface area contributed by atoms with Crippen LogP contribution in [0.15, 0.2) is 47.6 Å². The van der Waals surface area contributed by atoms with Gasteiger partial charge in [0.2, 0.25) is 5.91 Å². The van der Waals surface area contributed by atoms with E-state index >= 15 is 0 Å². The summed E-state index contributed by atoms with van der Waals surface area (Å²) >= 11 is 1.40. The first-order chi connectivity index (χ1) is 13.5. The number of hydrogen-bond donors (Lipinski definition) is 1. The third-order valence-electron chi connectivity index (χ3n) is 4.74. The molecule has 1 heterocycles. The lowest BCUT2D eigenvalue weighted by Gasteiger charge is -2.14. The minimum atomic E-state index is -0.0273. The number of rotatable bonds is 7. The first kappa shape index (κ1) is 20.1. The number of nitrogens with one attached hydrogen (secondary N) is 1. The predicted molar refractivity (Wildman–Crippen MR) is 116 cm³/mol. The topological polar surface area (TPSA) is 59.8 Å². The first-order valence-corrected chi connectivity index (χ1v) is 10.5. The van der Waals surface area contributed by atoms with Gasteiger partial charge in [-0.25, -0.2) is 0 Å². The highest BCUT2D eigenvalue weighted by Crippen LogP contribution is 2.25. The average molecular weight is 395 g/mol. The highest BCUT2D eigenvalue weighted by atomic mass is 32.2. The molecule has 0 saturated carbocycles. The molecule has 5 nitrogen and oxygen atoms in total. The Hall–Kier alpha value is -2.60. The van der Waals surface area contributed by atoms with Gasteiger partial charge in [0, 0.05) is 18.3 Å². The van der Waals surface area contributed by atoms with E-state index in [-0.39, 0.29) is 5.91 Å². The lowest BCUT2D eigenvalue weighted by Crippen LogP contribution is -2.17. The van der Waals surface area contributed by atoms with Crippen LogP contribution < -0.4 is 5.32 Å². The lowest BCUT2D eigenvalue weighted by atomic mass is 10.0. The molecule has 146 valence electrons. The zero-order valence-corrected chi connectivity index (χ0v) is 17.6. The standard InChI is InChI=1S/C22H26N4OS/c1-5-16-8-7-9-17(6-2)20(16)23-19(27)14-28-22-25-24-21(26(22)4)18-12-10-15(3)11-13-18/h7-13H,5-6,14H2,1-4H3,(H,23,27). The number of thioether (sulfide) groups is 1. The van der Waals surface area contributed by atoms with Gasteiger partial charge in [-0.2, -0.15) is 0 Å². The zero-order valence-electron chi connectivity index (χ0n) is 16.8. The van der Waals surface area contributed by atoms with Crippen molar-refractivity contribution in [2.45, 2.75) is 38.8 Å². The summed E-state index contributed by atoms with van der Waals surface area (Å²) in [5.74, 6) is 1.06. The van der Waals surface area contributed by atoms with Gasteiger partial charge < -0.3 is 9.88 Å². The molecule has 3 aromatic rings. The smallest absolute Gasteiger partial charge is 0.234 e. The second-order valence-electron chi connectivity index (χ2n) is 6.73. The van der Waals surface area contributed by atoms with E-state index in [4.69, 9.17) is 0 Å². The molecular formula is C22H26N4OS. The average Bonchev–Trinajstić information content (AvgIpc) is 3.07. The summed E-state index contributed by atoms with van der Waals surface area (Å²) in [6, 6.07) is 14.4. The molecule has 1 N–H and O–H groups in total. The highest BCUT2D eigenvalue weighted by Gasteiger charge is 2.14. The maximum atomic E-state index is 12.6. The molecule has 0 bridgehead atoms. The Morgan fingerprint density at radius 2 is 1.68 bits per heavy atom. The molecule has 0 unspecified atom stereocenters. The Morgan fingerprint density at radius 1 is 1.04 bits per heavy atom. The molecule has 1 amide bonds. The van der Waals surface area contributed by atoms with E-state index < -0.39 is 0 Å². The Bertz CT molecular complexity index is 941. The summed E-state index contributed by atoms with van der Waals surface area (Å²) in [6.45, 7) is 6.26. The third kappa shape index (κ3) is 4.44. The Kier molecular flexibility index (Phi) is 6.52. The summed E-state index contributed by atoms with van der Waals surface area (Å²) in [6.07, 6.45) is 1.78. The molecule has 0 aliphatic rings. The number of aromatic nitrogens is 3. The van der Waals surface area contributed by atoms with E-state index in [0.717, 1.165) is 46.2 Å². The molecule has 1 aromatic heterocycles. The van der Waals surface area contributed by atoms with Crippen LogP contribution in [0.25, 0.3) is 11.4 Å². The predicted octanol–water partition coefficient (Wildman–Crippen LogP) is 4.65. The molecule has 0 spiro atoms. The molecule has 3 rings (SSSR count). The second-order valence-corrected chi connectivity index (χ2v) is 7.67. The second kappa shape index (κ2) is 9.06. The minimum absolute atomic E-state index is 0.0273. The Morgan fingerprint density at radius 3 is 2.29 bits per heavy atom. The lowest BCUT2D eigenvalue weighted by molar-refractivity contribution is -0.113. The molecule has 28 heavy (non-hydrogen) atoms. The van der Waals surface area contributed by atoms with Crippen LogP contribution in [0.1, 0.15) is 30.5 Å². The van der Waals surface area contributed by atoms with Gasteiger partial charge in [-0.15, -0.1) is 10.2 Å². The summed E-state index contributed by atoms with van der Waals surface area (Å²) in [4.78, 5) is 12.6. The van der Waals surface area contributed by atoms with Crippen LogP contribution in [0, 0.1) is 6.92 Å². The van der Waals surface area contributed by atoms with E-state index in [2.05, 4.69) is 60.6 Å². The van der Waals surface area contributed by atoms with Gasteiger partial charge >= 0.3 is 0 Å². The normalized spacial score (nSPS) is 10.9. The van der Waals surface area contributed by atoms with Gasteiger partial charge in [0.15, 0.2) is 11.0 Å². The molecule has 0 saturated heterocycles. The molecule has 6 heteroatoms. The van der Waals surface area contributed by atoms with Crippen molar-refractivity contribution in [2.24, 2.45) is 7.05 Å². The van der Waals surface area contributed by atoms with Crippen LogP contribution in [0.3, 0.4) is 0 Å². The maximum Gasteiger partial charge on any atom is 0.234 e. The SMILES string of the molecule is CCc1cccc(CC)c1NC(=O)CSc1nnc(-c2ccc(C)cc2)n1C. The van der Waals surface area contributed by atoms with Crippen molar-refractivity contribution < 1.29 is 4.79 Å². The Balaban J connectivity index is 1.68. The van der Waals surface area contributed by atoms with E-state index in [1.807, 2.05) is 29.8 Å². The van der Waals surface area contributed by atoms with Gasteiger partial charge in [0.05, 0.1) is 5.75 Å². The van der Waals surface area contributed by atoms with Crippen LogP contribution in [-0.4, -0.2) is 26.4 Å². The van der Waals surface area contributed by atoms with Crippen LogP contribution in [-0.2, 0) is 24.7 Å². The monoisotopic (exact) mass is 394 g/mol. The zero-order chi connectivity index (χ0) is 20.1. The quantitative estimate of drug-likeness (QED) is 0.593. The van der Waals surface area contributed by atoms with Gasteiger partial charge in [0.1, 0.15) is 0 Å². The number of anilines is 1. The maximum absolute atomic E-state index is 12.6. The first-order valence-electron chi connectivity index (χ1n) is 9.53. The summed E-state index contributed by atoms with van der Waals surface area (Å²) in [5, 5.41) is 12.4. The fourth-order valence-corrected chi connectivity index (χ4v) is 3.81. The third-order valence-corrected chi connectivity index (χ3v) is 5.76. The van der Waals surface area contributed by atoms with Crippen LogP contribution in [0.4, 0.5) is 5.69 Å². The van der Waals surface area contributed by atoms with Crippen molar-refractivity contribution in [1.82, 2.24) is 14.8 Å². The Labute approximate surface area is 170 Å². The highest BCUT2D eigenvalue weighted by molar-refractivity contribution is 7.99. The number of hydrogen-bond acceptors (Lipinski definition) is 4. The molecule has 0 radical (unpaired) electrons. The van der Waals surface area contributed by atoms with E-state index in [9.17, 15) is 4.79 Å². The summed E-state index contributed by atoms with van der Waals surface area (Å²) in [7, 11) is 1.93. The van der Waals surface area contributed by atoms with E-state index in [0.29, 0.717) is 5.75 Å². The van der Waals surface area contributed by atoms with Gasteiger partial charge in [-0.1, -0.05) is 73.6 Å². The number of carbonyl (C=O) groups excluding carboxylic acids is 1.